The summed E-state index contributed by atoms with van der Waals surface area (Å²) < 4.78 is 5.14. The Morgan fingerprint density at radius 3 is 2.71 bits per heavy atom. The highest BCUT2D eigenvalue weighted by molar-refractivity contribution is 7.80. The number of benzene rings is 1. The molecule has 0 radical (unpaired) electrons. The zero-order chi connectivity index (χ0) is 17.5. The summed E-state index contributed by atoms with van der Waals surface area (Å²) in [6.07, 6.45) is 1.66. The van der Waals surface area contributed by atoms with Gasteiger partial charge in [0.1, 0.15) is 10.6 Å². The SMILES string of the molecule is C=CCNC(=S)NNC(=O)c1sc(-c2ccc(OC)cc2)cc1N. The number of nitrogens with two attached hydrogens (primary N) is 1. The number of hydrogen-bond donors (Lipinski definition) is 4. The molecular weight excluding hydrogens is 344 g/mol. The molecule has 6 nitrogen and oxygen atoms in total. The predicted octanol–water partition coefficient (Wildman–Crippen LogP) is 2.30. The highest BCUT2D eigenvalue weighted by Crippen LogP contribution is 2.33. The second-order valence-corrected chi connectivity index (χ2v) is 6.16. The first-order valence-electron chi connectivity index (χ1n) is 7.04. The molecule has 0 aliphatic heterocycles. The fraction of sp³-hybridized carbons (Fsp3) is 0.125. The number of methoxy groups -OCH3 is 1. The molecule has 1 heterocycles. The number of hydrazine groups is 1. The third-order valence-electron chi connectivity index (χ3n) is 3.04. The van der Waals surface area contributed by atoms with Crippen LogP contribution < -0.4 is 26.6 Å². The summed E-state index contributed by atoms with van der Waals surface area (Å²) in [7, 11) is 1.61. The molecule has 1 amide bonds. The average Bonchev–Trinajstić information content (AvgIpc) is 2.99. The van der Waals surface area contributed by atoms with Crippen LogP contribution in [0.5, 0.6) is 5.75 Å². The van der Waals surface area contributed by atoms with Crippen molar-refractivity contribution in [3.8, 4) is 16.2 Å². The summed E-state index contributed by atoms with van der Waals surface area (Å²) in [5.74, 6) is 0.422. The standard InChI is InChI=1S/C16H18N4O2S2/c1-3-8-18-16(23)20-19-15(21)14-12(17)9-13(24-14)10-4-6-11(22-2)7-5-10/h3-7,9H,1,8,17H2,2H3,(H,19,21)(H2,18,20,23). The average molecular weight is 362 g/mol. The van der Waals surface area contributed by atoms with Gasteiger partial charge in [0.2, 0.25) is 0 Å². The number of nitrogens with one attached hydrogen (secondary N) is 3. The van der Waals surface area contributed by atoms with Crippen molar-refractivity contribution < 1.29 is 9.53 Å². The van der Waals surface area contributed by atoms with Crippen LogP contribution >= 0.6 is 23.6 Å². The molecule has 1 aromatic heterocycles. The van der Waals surface area contributed by atoms with E-state index in [1.807, 2.05) is 24.3 Å². The largest absolute Gasteiger partial charge is 0.497 e. The number of carbonyl (C=O) groups is 1. The minimum atomic E-state index is -0.347. The quantitative estimate of drug-likeness (QED) is 0.371. The van der Waals surface area contributed by atoms with Crippen molar-refractivity contribution in [3.05, 3.63) is 47.9 Å². The summed E-state index contributed by atoms with van der Waals surface area (Å²) in [4.78, 5) is 13.5. The maximum atomic E-state index is 12.2. The van der Waals surface area contributed by atoms with E-state index in [-0.39, 0.29) is 5.91 Å². The number of thiocarbonyl (C=S) groups is 1. The second kappa shape index (κ2) is 8.32. The van der Waals surface area contributed by atoms with E-state index in [4.69, 9.17) is 22.7 Å². The van der Waals surface area contributed by atoms with Gasteiger partial charge in [0, 0.05) is 11.4 Å². The monoisotopic (exact) mass is 362 g/mol. The van der Waals surface area contributed by atoms with E-state index in [9.17, 15) is 4.79 Å². The highest BCUT2D eigenvalue weighted by Gasteiger charge is 2.15. The minimum absolute atomic E-state index is 0.300. The highest BCUT2D eigenvalue weighted by atomic mass is 32.1. The first kappa shape index (κ1) is 17.8. The number of amides is 1. The first-order valence-corrected chi connectivity index (χ1v) is 8.26. The van der Waals surface area contributed by atoms with Crippen LogP contribution in [0.1, 0.15) is 9.67 Å². The molecule has 0 atom stereocenters. The van der Waals surface area contributed by atoms with Gasteiger partial charge < -0.3 is 15.8 Å². The number of ether oxygens (including phenoxy) is 1. The smallest absolute Gasteiger partial charge is 0.281 e. The molecule has 0 aliphatic carbocycles. The molecule has 0 bridgehead atoms. The van der Waals surface area contributed by atoms with Gasteiger partial charge >= 0.3 is 0 Å². The summed E-state index contributed by atoms with van der Waals surface area (Å²) in [6.45, 7) is 4.07. The van der Waals surface area contributed by atoms with E-state index in [0.29, 0.717) is 22.2 Å². The normalized spacial score (nSPS) is 9.88. The third-order valence-corrected chi connectivity index (χ3v) is 4.48. The molecule has 0 spiro atoms. The van der Waals surface area contributed by atoms with Crippen molar-refractivity contribution >= 4 is 40.3 Å². The molecule has 0 saturated heterocycles. The number of carbonyl (C=O) groups excluding carboxylic acids is 1. The van der Waals surface area contributed by atoms with Crippen LogP contribution in [-0.4, -0.2) is 24.7 Å². The predicted molar refractivity (Wildman–Crippen MR) is 102 cm³/mol. The topological polar surface area (TPSA) is 88.4 Å². The van der Waals surface area contributed by atoms with E-state index in [2.05, 4.69) is 22.7 Å². The Labute approximate surface area is 149 Å². The lowest BCUT2D eigenvalue weighted by Gasteiger charge is -2.09. The first-order chi connectivity index (χ1) is 11.5. The number of anilines is 1. The lowest BCUT2D eigenvalue weighted by molar-refractivity contribution is 0.0948. The molecule has 0 aliphatic rings. The Balaban J connectivity index is 2.05. The Kier molecular flexibility index (Phi) is 6.16. The molecule has 0 fully saturated rings. The summed E-state index contributed by atoms with van der Waals surface area (Å²) in [6, 6.07) is 9.32. The number of thiophene rings is 1. The number of nitrogen functional groups attached to an aromatic ring is 1. The Morgan fingerprint density at radius 1 is 1.38 bits per heavy atom. The summed E-state index contributed by atoms with van der Waals surface area (Å²) in [5.41, 5.74) is 12.5. The molecular formula is C16H18N4O2S2. The lowest BCUT2D eigenvalue weighted by Crippen LogP contribution is -2.46. The maximum Gasteiger partial charge on any atom is 0.281 e. The van der Waals surface area contributed by atoms with Gasteiger partial charge in [-0.05, 0) is 48.1 Å². The van der Waals surface area contributed by atoms with Crippen molar-refractivity contribution in [3.63, 3.8) is 0 Å². The fourth-order valence-corrected chi connectivity index (χ4v) is 2.97. The van der Waals surface area contributed by atoms with Crippen molar-refractivity contribution in [1.82, 2.24) is 16.2 Å². The molecule has 5 N–H and O–H groups in total. The van der Waals surface area contributed by atoms with Crippen molar-refractivity contribution in [1.29, 1.82) is 0 Å². The molecule has 24 heavy (non-hydrogen) atoms. The molecule has 2 rings (SSSR count). The number of hydrogen-bond acceptors (Lipinski definition) is 5. The Morgan fingerprint density at radius 2 is 2.08 bits per heavy atom. The summed E-state index contributed by atoms with van der Waals surface area (Å²) >= 11 is 6.31. The summed E-state index contributed by atoms with van der Waals surface area (Å²) in [5, 5.41) is 3.14. The van der Waals surface area contributed by atoms with Crippen LogP contribution in [0.25, 0.3) is 10.4 Å². The van der Waals surface area contributed by atoms with Crippen LogP contribution in [0.4, 0.5) is 5.69 Å². The number of rotatable bonds is 5. The van der Waals surface area contributed by atoms with Crippen LogP contribution in [0.15, 0.2) is 43.0 Å². The van der Waals surface area contributed by atoms with Crippen LogP contribution in [0.3, 0.4) is 0 Å². The minimum Gasteiger partial charge on any atom is -0.497 e. The molecule has 1 aromatic carbocycles. The molecule has 2 aromatic rings. The molecule has 8 heteroatoms. The van der Waals surface area contributed by atoms with E-state index < -0.39 is 0 Å². The van der Waals surface area contributed by atoms with Gasteiger partial charge in [-0.1, -0.05) is 6.08 Å². The molecule has 0 unspecified atom stereocenters. The molecule has 0 saturated carbocycles. The Bertz CT molecular complexity index is 741. The van der Waals surface area contributed by atoms with Crippen LogP contribution in [0, 0.1) is 0 Å². The van der Waals surface area contributed by atoms with Crippen LogP contribution in [-0.2, 0) is 0 Å². The van der Waals surface area contributed by atoms with Gasteiger partial charge in [-0.25, -0.2) is 0 Å². The van der Waals surface area contributed by atoms with E-state index in [1.54, 1.807) is 19.3 Å². The van der Waals surface area contributed by atoms with Crippen molar-refractivity contribution in [2.45, 2.75) is 0 Å². The van der Waals surface area contributed by atoms with E-state index >= 15 is 0 Å². The van der Waals surface area contributed by atoms with Gasteiger partial charge in [-0.3, -0.25) is 15.6 Å². The van der Waals surface area contributed by atoms with Crippen LogP contribution in [0.2, 0.25) is 0 Å². The zero-order valence-corrected chi connectivity index (χ0v) is 14.7. The van der Waals surface area contributed by atoms with E-state index in [0.717, 1.165) is 16.2 Å². The van der Waals surface area contributed by atoms with E-state index in [1.165, 1.54) is 11.3 Å². The zero-order valence-electron chi connectivity index (χ0n) is 13.1. The van der Waals surface area contributed by atoms with Gasteiger partial charge in [0.25, 0.3) is 5.91 Å². The van der Waals surface area contributed by atoms with Gasteiger partial charge in [-0.2, -0.15) is 0 Å². The maximum absolute atomic E-state index is 12.2. The lowest BCUT2D eigenvalue weighted by atomic mass is 10.2. The van der Waals surface area contributed by atoms with Crippen molar-refractivity contribution in [2.75, 3.05) is 19.4 Å². The van der Waals surface area contributed by atoms with Gasteiger partial charge in [-0.15, -0.1) is 17.9 Å². The second-order valence-electron chi connectivity index (χ2n) is 4.70. The fourth-order valence-electron chi connectivity index (χ4n) is 1.86. The Hall–Kier alpha value is -2.58. The van der Waals surface area contributed by atoms with Gasteiger partial charge in [0.15, 0.2) is 5.11 Å². The molecule has 126 valence electrons. The van der Waals surface area contributed by atoms with Gasteiger partial charge in [0.05, 0.1) is 12.8 Å². The van der Waals surface area contributed by atoms with Crippen molar-refractivity contribution in [2.24, 2.45) is 0 Å². The third kappa shape index (κ3) is 4.46.